The van der Waals surface area contributed by atoms with Gasteiger partial charge in [-0.2, -0.15) is 11.8 Å². The normalized spacial score (nSPS) is 9.91. The van der Waals surface area contributed by atoms with Crippen molar-refractivity contribution in [1.29, 1.82) is 0 Å². The second-order valence-corrected chi connectivity index (χ2v) is 3.47. The molecule has 0 fully saturated rings. The van der Waals surface area contributed by atoms with Gasteiger partial charge in [-0.1, -0.05) is 12.1 Å². The van der Waals surface area contributed by atoms with E-state index < -0.39 is 0 Å². The molecule has 0 amide bonds. The van der Waals surface area contributed by atoms with Gasteiger partial charge in [-0.3, -0.25) is 0 Å². The topological polar surface area (TPSA) is 26.0 Å². The third kappa shape index (κ3) is 2.85. The lowest BCUT2D eigenvalue weighted by Crippen LogP contribution is -1.89. The van der Waals surface area contributed by atoms with E-state index in [2.05, 4.69) is 18.4 Å². The monoisotopic (exact) mass is 167 g/mol. The van der Waals surface area contributed by atoms with Crippen molar-refractivity contribution in [3.8, 4) is 0 Å². The summed E-state index contributed by atoms with van der Waals surface area (Å²) < 4.78 is 0. The van der Waals surface area contributed by atoms with Crippen molar-refractivity contribution in [2.45, 2.75) is 6.42 Å². The van der Waals surface area contributed by atoms with Crippen molar-refractivity contribution in [3.05, 3.63) is 29.8 Å². The first kappa shape index (κ1) is 8.47. The Hall–Kier alpha value is -0.630. The summed E-state index contributed by atoms with van der Waals surface area (Å²) in [5.41, 5.74) is 7.76. The Balaban J connectivity index is 2.52. The summed E-state index contributed by atoms with van der Waals surface area (Å²) in [4.78, 5) is 0. The first-order valence-corrected chi connectivity index (χ1v) is 5.05. The minimum atomic E-state index is 0.845. The van der Waals surface area contributed by atoms with Crippen molar-refractivity contribution in [3.63, 3.8) is 0 Å². The van der Waals surface area contributed by atoms with Gasteiger partial charge < -0.3 is 5.73 Å². The smallest absolute Gasteiger partial charge is 0.0314 e. The fourth-order valence-electron chi connectivity index (χ4n) is 0.904. The lowest BCUT2D eigenvalue weighted by atomic mass is 10.2. The summed E-state index contributed by atoms with van der Waals surface area (Å²) in [6, 6.07) is 8.09. The van der Waals surface area contributed by atoms with Crippen molar-refractivity contribution in [2.75, 3.05) is 17.7 Å². The molecule has 60 valence electrons. The van der Waals surface area contributed by atoms with Crippen LogP contribution in [0, 0.1) is 0 Å². The zero-order chi connectivity index (χ0) is 8.10. The number of hydrogen-bond acceptors (Lipinski definition) is 2. The molecule has 11 heavy (non-hydrogen) atoms. The van der Waals surface area contributed by atoms with Crippen LogP contribution in [0.3, 0.4) is 0 Å². The molecule has 2 heteroatoms. The maximum absolute atomic E-state index is 5.55. The van der Waals surface area contributed by atoms with Crippen LogP contribution in [-0.4, -0.2) is 12.0 Å². The van der Waals surface area contributed by atoms with Gasteiger partial charge in [0.2, 0.25) is 0 Å². The second kappa shape index (κ2) is 4.29. The van der Waals surface area contributed by atoms with E-state index in [0.717, 1.165) is 12.1 Å². The van der Waals surface area contributed by atoms with Crippen LogP contribution in [0.15, 0.2) is 24.3 Å². The largest absolute Gasteiger partial charge is 0.399 e. The minimum Gasteiger partial charge on any atom is -0.399 e. The van der Waals surface area contributed by atoms with Crippen LogP contribution < -0.4 is 5.73 Å². The fraction of sp³-hybridized carbons (Fsp3) is 0.333. The number of hydrogen-bond donors (Lipinski definition) is 1. The van der Waals surface area contributed by atoms with Gasteiger partial charge in [-0.25, -0.2) is 0 Å². The highest BCUT2D eigenvalue weighted by molar-refractivity contribution is 7.98. The van der Waals surface area contributed by atoms with E-state index in [1.807, 2.05) is 23.9 Å². The molecule has 2 N–H and O–H groups in total. The molecule has 0 unspecified atom stereocenters. The molecule has 0 bridgehead atoms. The first-order valence-electron chi connectivity index (χ1n) is 3.66. The molecule has 0 radical (unpaired) electrons. The zero-order valence-corrected chi connectivity index (χ0v) is 7.53. The van der Waals surface area contributed by atoms with E-state index in [4.69, 9.17) is 5.73 Å². The van der Waals surface area contributed by atoms with E-state index in [1.54, 1.807) is 0 Å². The number of aryl methyl sites for hydroxylation is 1. The van der Waals surface area contributed by atoms with Gasteiger partial charge in [0.1, 0.15) is 0 Å². The third-order valence-electron chi connectivity index (χ3n) is 1.57. The Morgan fingerprint density at radius 1 is 1.27 bits per heavy atom. The molecule has 0 aliphatic carbocycles. The summed E-state index contributed by atoms with van der Waals surface area (Å²) in [6.07, 6.45) is 3.26. The molecule has 1 nitrogen and oxygen atoms in total. The Kier molecular flexibility index (Phi) is 3.30. The predicted molar refractivity (Wildman–Crippen MR) is 52.9 cm³/mol. The number of nitrogen functional groups attached to an aromatic ring is 1. The van der Waals surface area contributed by atoms with Crippen LogP contribution in [0.25, 0.3) is 0 Å². The van der Waals surface area contributed by atoms with Gasteiger partial charge >= 0.3 is 0 Å². The van der Waals surface area contributed by atoms with Gasteiger partial charge in [0.05, 0.1) is 0 Å². The summed E-state index contributed by atoms with van der Waals surface area (Å²) in [6.45, 7) is 0. The summed E-state index contributed by atoms with van der Waals surface area (Å²) in [5.74, 6) is 1.18. The number of nitrogens with two attached hydrogens (primary N) is 1. The average Bonchev–Trinajstić information content (AvgIpc) is 2.04. The Labute approximate surface area is 72.0 Å². The molecule has 1 rings (SSSR count). The lowest BCUT2D eigenvalue weighted by Gasteiger charge is -1.98. The van der Waals surface area contributed by atoms with Gasteiger partial charge in [0.25, 0.3) is 0 Å². The number of thioether (sulfide) groups is 1. The first-order chi connectivity index (χ1) is 5.33. The third-order valence-corrected chi connectivity index (χ3v) is 2.19. The van der Waals surface area contributed by atoms with Crippen molar-refractivity contribution in [1.82, 2.24) is 0 Å². The zero-order valence-electron chi connectivity index (χ0n) is 6.71. The molecule has 1 aromatic rings. The number of anilines is 1. The van der Waals surface area contributed by atoms with Crippen LogP contribution in [0.2, 0.25) is 0 Å². The molecule has 0 aliphatic heterocycles. The molecule has 0 aliphatic rings. The lowest BCUT2D eigenvalue weighted by molar-refractivity contribution is 1.16. The van der Waals surface area contributed by atoms with Gasteiger partial charge in [0.15, 0.2) is 0 Å². The van der Waals surface area contributed by atoms with Crippen LogP contribution in [0.1, 0.15) is 5.56 Å². The second-order valence-electron chi connectivity index (χ2n) is 2.48. The molecule has 1 aromatic carbocycles. The molecular weight excluding hydrogens is 154 g/mol. The number of rotatable bonds is 3. The quantitative estimate of drug-likeness (QED) is 0.698. The maximum atomic E-state index is 5.55. The summed E-state index contributed by atoms with van der Waals surface area (Å²) >= 11 is 1.87. The van der Waals surface area contributed by atoms with Gasteiger partial charge in [-0.05, 0) is 36.1 Å². The SMILES string of the molecule is CSCCc1ccc(N)cc1. The van der Waals surface area contributed by atoms with Crippen molar-refractivity contribution in [2.24, 2.45) is 0 Å². The molecular formula is C9H13NS. The van der Waals surface area contributed by atoms with Crippen LogP contribution in [0.5, 0.6) is 0 Å². The van der Waals surface area contributed by atoms with Crippen molar-refractivity contribution >= 4 is 17.4 Å². The van der Waals surface area contributed by atoms with E-state index in [-0.39, 0.29) is 0 Å². The predicted octanol–water partition coefficient (Wildman–Crippen LogP) is 2.17. The highest BCUT2D eigenvalue weighted by atomic mass is 32.2. The standard InChI is InChI=1S/C9H13NS/c1-11-7-6-8-2-4-9(10)5-3-8/h2-5H,6-7,10H2,1H3. The fourth-order valence-corrected chi connectivity index (χ4v) is 1.34. The average molecular weight is 167 g/mol. The van der Waals surface area contributed by atoms with Crippen LogP contribution in [0.4, 0.5) is 5.69 Å². The Morgan fingerprint density at radius 3 is 2.45 bits per heavy atom. The highest BCUT2D eigenvalue weighted by Crippen LogP contribution is 2.07. The summed E-state index contributed by atoms with van der Waals surface area (Å²) in [5, 5.41) is 0. The maximum Gasteiger partial charge on any atom is 0.0314 e. The van der Waals surface area contributed by atoms with Crippen LogP contribution in [-0.2, 0) is 6.42 Å². The van der Waals surface area contributed by atoms with E-state index in [0.29, 0.717) is 0 Å². The Bertz CT molecular complexity index is 205. The Morgan fingerprint density at radius 2 is 1.91 bits per heavy atom. The van der Waals surface area contributed by atoms with Gasteiger partial charge in [-0.15, -0.1) is 0 Å². The van der Waals surface area contributed by atoms with Crippen LogP contribution >= 0.6 is 11.8 Å². The summed E-state index contributed by atoms with van der Waals surface area (Å²) in [7, 11) is 0. The minimum absolute atomic E-state index is 0.845. The van der Waals surface area contributed by atoms with E-state index in [9.17, 15) is 0 Å². The molecule has 0 saturated heterocycles. The molecule has 0 spiro atoms. The highest BCUT2D eigenvalue weighted by Gasteiger charge is 1.90. The molecule has 0 atom stereocenters. The molecule has 0 aromatic heterocycles. The van der Waals surface area contributed by atoms with Gasteiger partial charge in [0, 0.05) is 5.69 Å². The molecule has 0 saturated carbocycles. The van der Waals surface area contributed by atoms with E-state index >= 15 is 0 Å². The molecule has 0 heterocycles. The number of benzene rings is 1. The van der Waals surface area contributed by atoms with Crippen molar-refractivity contribution < 1.29 is 0 Å². The van der Waals surface area contributed by atoms with E-state index in [1.165, 1.54) is 11.3 Å².